The second-order valence-corrected chi connectivity index (χ2v) is 7.12. The minimum atomic E-state index is -0.120. The molecule has 0 unspecified atom stereocenters. The summed E-state index contributed by atoms with van der Waals surface area (Å²) >= 11 is 0. The van der Waals surface area contributed by atoms with Gasteiger partial charge < -0.3 is 10.1 Å². The number of carbonyl (C=O) groups excluding carboxylic acids is 1. The molecule has 0 radical (unpaired) electrons. The van der Waals surface area contributed by atoms with Gasteiger partial charge in [-0.25, -0.2) is 4.68 Å². The third-order valence-electron chi connectivity index (χ3n) is 4.90. The maximum absolute atomic E-state index is 12.9. The van der Waals surface area contributed by atoms with Gasteiger partial charge in [0.25, 0.3) is 5.91 Å². The fourth-order valence-corrected chi connectivity index (χ4v) is 3.29. The van der Waals surface area contributed by atoms with Crippen molar-refractivity contribution in [1.82, 2.24) is 25.1 Å². The average molecular weight is 377 g/mol. The zero-order valence-corrected chi connectivity index (χ0v) is 16.2. The summed E-state index contributed by atoms with van der Waals surface area (Å²) in [5.41, 5.74) is 3.21. The summed E-state index contributed by atoms with van der Waals surface area (Å²) in [5.74, 6) is 0.848. The lowest BCUT2D eigenvalue weighted by Gasteiger charge is -2.18. The molecule has 0 spiro atoms. The van der Waals surface area contributed by atoms with Gasteiger partial charge in [0.1, 0.15) is 0 Å². The van der Waals surface area contributed by atoms with Gasteiger partial charge in [0, 0.05) is 23.9 Å². The van der Waals surface area contributed by atoms with Crippen LogP contribution in [0.3, 0.4) is 0 Å². The summed E-state index contributed by atoms with van der Waals surface area (Å²) in [6.45, 7) is 1.97. The fourth-order valence-electron chi connectivity index (χ4n) is 3.29. The predicted molar refractivity (Wildman–Crippen MR) is 105 cm³/mol. The molecule has 2 aromatic heterocycles. The van der Waals surface area contributed by atoms with E-state index >= 15 is 0 Å². The van der Waals surface area contributed by atoms with Crippen molar-refractivity contribution < 1.29 is 9.53 Å². The number of aromatic nitrogens is 4. The topological polar surface area (TPSA) is 81.9 Å². The number of pyridine rings is 1. The molecule has 3 aromatic rings. The lowest BCUT2D eigenvalue weighted by molar-refractivity contribution is 0.0930. The molecule has 4 rings (SSSR count). The normalized spacial score (nSPS) is 14.5. The molecule has 1 N–H and O–H groups in total. The van der Waals surface area contributed by atoms with Crippen molar-refractivity contribution in [2.75, 3.05) is 7.11 Å². The summed E-state index contributed by atoms with van der Waals surface area (Å²) in [6, 6.07) is 13.6. The highest BCUT2D eigenvalue weighted by Gasteiger charge is 2.34. The highest BCUT2D eigenvalue weighted by molar-refractivity contribution is 5.95. The van der Waals surface area contributed by atoms with Crippen LogP contribution < -0.4 is 10.1 Å². The van der Waals surface area contributed by atoms with E-state index in [1.165, 1.54) is 0 Å². The molecule has 1 aromatic carbocycles. The number of nitrogens with zero attached hydrogens (tertiary/aromatic N) is 4. The molecule has 1 atom stereocenters. The zero-order valence-electron chi connectivity index (χ0n) is 16.2. The second-order valence-electron chi connectivity index (χ2n) is 7.12. The summed E-state index contributed by atoms with van der Waals surface area (Å²) in [6.07, 6.45) is 2.22. The van der Waals surface area contributed by atoms with E-state index < -0.39 is 0 Å². The van der Waals surface area contributed by atoms with Gasteiger partial charge in [-0.2, -0.15) is 4.98 Å². The molecule has 7 nitrogen and oxygen atoms in total. The van der Waals surface area contributed by atoms with E-state index in [1.807, 2.05) is 37.3 Å². The Balaban J connectivity index is 1.57. The highest BCUT2D eigenvalue weighted by Crippen LogP contribution is 2.40. The van der Waals surface area contributed by atoms with Crippen LogP contribution in [-0.2, 0) is 7.05 Å². The number of benzene rings is 1. The standard InChI is InChI=1S/C21H23N5O2/c1-13-6-4-9-17(22-13)18(14-10-11-14)23-20(27)16-8-5-7-15(12-16)19-24-21(28-3)26(2)25-19/h4-9,12,14,18H,10-11H2,1-3H3,(H,23,27)/t18-/m1/s1. The zero-order chi connectivity index (χ0) is 19.7. The molecule has 28 heavy (non-hydrogen) atoms. The fraction of sp³-hybridized carbons (Fsp3) is 0.333. The van der Waals surface area contributed by atoms with E-state index in [0.29, 0.717) is 23.3 Å². The van der Waals surface area contributed by atoms with Gasteiger partial charge in [-0.1, -0.05) is 18.2 Å². The number of ether oxygens (including phenoxy) is 1. The number of nitrogens with one attached hydrogen (secondary N) is 1. The van der Waals surface area contributed by atoms with Crippen molar-refractivity contribution >= 4 is 5.91 Å². The maximum atomic E-state index is 12.9. The molecule has 0 bridgehead atoms. The quantitative estimate of drug-likeness (QED) is 0.714. The Labute approximate surface area is 163 Å². The van der Waals surface area contributed by atoms with E-state index in [4.69, 9.17) is 4.74 Å². The van der Waals surface area contributed by atoms with Crippen LogP contribution in [0.25, 0.3) is 11.4 Å². The molecule has 2 heterocycles. The number of methoxy groups -OCH3 is 1. The molecule has 1 fully saturated rings. The van der Waals surface area contributed by atoms with Crippen LogP contribution in [-0.4, -0.2) is 32.8 Å². The first-order chi connectivity index (χ1) is 13.5. The van der Waals surface area contributed by atoms with Gasteiger partial charge in [-0.05, 0) is 49.9 Å². The molecule has 1 saturated carbocycles. The lowest BCUT2D eigenvalue weighted by Crippen LogP contribution is -2.30. The molecule has 0 saturated heterocycles. The van der Waals surface area contributed by atoms with Crippen LogP contribution in [0.4, 0.5) is 0 Å². The van der Waals surface area contributed by atoms with Crippen molar-refractivity contribution in [3.63, 3.8) is 0 Å². The summed E-state index contributed by atoms with van der Waals surface area (Å²) < 4.78 is 6.74. The smallest absolute Gasteiger partial charge is 0.314 e. The number of hydrogen-bond acceptors (Lipinski definition) is 5. The number of hydrogen-bond donors (Lipinski definition) is 1. The van der Waals surface area contributed by atoms with E-state index in [9.17, 15) is 4.79 Å². The van der Waals surface area contributed by atoms with Gasteiger partial charge in [0.15, 0.2) is 5.82 Å². The largest absolute Gasteiger partial charge is 0.467 e. The number of carbonyl (C=O) groups is 1. The number of rotatable bonds is 6. The van der Waals surface area contributed by atoms with Crippen LogP contribution in [0.15, 0.2) is 42.5 Å². The first-order valence-electron chi connectivity index (χ1n) is 9.35. The van der Waals surface area contributed by atoms with E-state index in [2.05, 4.69) is 20.4 Å². The Morgan fingerprint density at radius 3 is 2.68 bits per heavy atom. The molecule has 1 aliphatic rings. The Morgan fingerprint density at radius 1 is 1.21 bits per heavy atom. The molecule has 0 aliphatic heterocycles. The number of aryl methyl sites for hydroxylation is 2. The summed E-state index contributed by atoms with van der Waals surface area (Å²) in [5, 5.41) is 7.52. The number of amides is 1. The molecule has 7 heteroatoms. The predicted octanol–water partition coefficient (Wildman–Crippen LogP) is 3.08. The van der Waals surface area contributed by atoms with Gasteiger partial charge in [0.05, 0.1) is 18.8 Å². The van der Waals surface area contributed by atoms with E-state index in [1.54, 1.807) is 31.0 Å². The van der Waals surface area contributed by atoms with Crippen LogP contribution in [0, 0.1) is 12.8 Å². The maximum Gasteiger partial charge on any atom is 0.314 e. The third kappa shape index (κ3) is 3.74. The van der Waals surface area contributed by atoms with Crippen LogP contribution in [0.5, 0.6) is 6.01 Å². The third-order valence-corrected chi connectivity index (χ3v) is 4.90. The van der Waals surface area contributed by atoms with Crippen molar-refractivity contribution in [2.24, 2.45) is 13.0 Å². The Bertz CT molecular complexity index is 1010. The highest BCUT2D eigenvalue weighted by atomic mass is 16.5. The Morgan fingerprint density at radius 2 is 2.00 bits per heavy atom. The molecule has 144 valence electrons. The van der Waals surface area contributed by atoms with E-state index in [-0.39, 0.29) is 11.9 Å². The lowest BCUT2D eigenvalue weighted by atomic mass is 10.1. The first kappa shape index (κ1) is 18.2. The second kappa shape index (κ2) is 7.42. The minimum Gasteiger partial charge on any atom is -0.467 e. The molecule has 1 aliphatic carbocycles. The van der Waals surface area contributed by atoms with Gasteiger partial charge >= 0.3 is 6.01 Å². The summed E-state index contributed by atoms with van der Waals surface area (Å²) in [7, 11) is 3.32. The molecule has 1 amide bonds. The van der Waals surface area contributed by atoms with Crippen molar-refractivity contribution in [2.45, 2.75) is 25.8 Å². The van der Waals surface area contributed by atoms with Gasteiger partial charge in [-0.15, -0.1) is 5.10 Å². The van der Waals surface area contributed by atoms with Gasteiger partial charge in [-0.3, -0.25) is 9.78 Å². The molecular formula is C21H23N5O2. The van der Waals surface area contributed by atoms with Gasteiger partial charge in [0.2, 0.25) is 0 Å². The Hall–Kier alpha value is -3.22. The summed E-state index contributed by atoms with van der Waals surface area (Å²) in [4.78, 5) is 21.9. The minimum absolute atomic E-state index is 0.0656. The van der Waals surface area contributed by atoms with Crippen LogP contribution in [0.1, 0.15) is 40.6 Å². The monoisotopic (exact) mass is 377 g/mol. The van der Waals surface area contributed by atoms with Crippen LogP contribution >= 0.6 is 0 Å². The SMILES string of the molecule is COc1nc(-c2cccc(C(=O)N[C@@H](c3cccc(C)n3)C3CC3)c2)nn1C. The van der Waals surface area contributed by atoms with Crippen molar-refractivity contribution in [3.05, 3.63) is 59.4 Å². The van der Waals surface area contributed by atoms with Crippen molar-refractivity contribution in [1.29, 1.82) is 0 Å². The molecular weight excluding hydrogens is 354 g/mol. The van der Waals surface area contributed by atoms with Crippen LogP contribution in [0.2, 0.25) is 0 Å². The van der Waals surface area contributed by atoms with Crippen molar-refractivity contribution in [3.8, 4) is 17.4 Å². The first-order valence-corrected chi connectivity index (χ1v) is 9.35. The average Bonchev–Trinajstić information content (AvgIpc) is 3.47. The van der Waals surface area contributed by atoms with E-state index in [0.717, 1.165) is 29.8 Å². The Kier molecular flexibility index (Phi) is 4.81.